The quantitative estimate of drug-likeness (QED) is 0.919. The first-order chi connectivity index (χ1) is 9.66. The van der Waals surface area contributed by atoms with Crippen molar-refractivity contribution < 1.29 is 4.74 Å². The van der Waals surface area contributed by atoms with Gasteiger partial charge in [-0.3, -0.25) is 0 Å². The summed E-state index contributed by atoms with van der Waals surface area (Å²) in [6.07, 6.45) is 4.91. The highest BCUT2D eigenvalue weighted by Gasteiger charge is 2.29. The molecule has 0 saturated carbocycles. The maximum Gasteiger partial charge on any atom is 0.109 e. The van der Waals surface area contributed by atoms with Gasteiger partial charge in [0.25, 0.3) is 0 Å². The lowest BCUT2D eigenvalue weighted by Gasteiger charge is -2.26. The van der Waals surface area contributed by atoms with Crippen LogP contribution in [0.5, 0.6) is 0 Å². The van der Waals surface area contributed by atoms with E-state index in [0.29, 0.717) is 18.1 Å². The topological polar surface area (TPSA) is 39.1 Å². The summed E-state index contributed by atoms with van der Waals surface area (Å²) in [7, 11) is 0. The molecule has 0 aliphatic carbocycles. The molecule has 2 atom stereocenters. The molecule has 0 radical (unpaired) electrons. The van der Waals surface area contributed by atoms with Crippen molar-refractivity contribution in [1.82, 2.24) is 14.9 Å². The Kier molecular flexibility index (Phi) is 4.13. The summed E-state index contributed by atoms with van der Waals surface area (Å²) in [5.41, 5.74) is 2.71. The van der Waals surface area contributed by atoms with Crippen molar-refractivity contribution in [1.29, 1.82) is 0 Å². The molecule has 112 valence electrons. The van der Waals surface area contributed by atoms with E-state index in [4.69, 9.17) is 9.72 Å². The van der Waals surface area contributed by atoms with Gasteiger partial charge in [-0.15, -0.1) is 0 Å². The Morgan fingerprint density at radius 1 is 1.40 bits per heavy atom. The summed E-state index contributed by atoms with van der Waals surface area (Å²) in [4.78, 5) is 4.93. The molecule has 1 fully saturated rings. The zero-order valence-electron chi connectivity index (χ0n) is 13.0. The highest BCUT2D eigenvalue weighted by Crippen LogP contribution is 2.30. The first-order valence-electron chi connectivity index (χ1n) is 8.08. The van der Waals surface area contributed by atoms with Gasteiger partial charge >= 0.3 is 0 Å². The fourth-order valence-electron chi connectivity index (χ4n) is 3.53. The van der Waals surface area contributed by atoms with E-state index in [2.05, 4.69) is 30.7 Å². The summed E-state index contributed by atoms with van der Waals surface area (Å²) >= 11 is 0. The van der Waals surface area contributed by atoms with Crippen LogP contribution in [0.25, 0.3) is 0 Å². The van der Waals surface area contributed by atoms with Gasteiger partial charge in [-0.2, -0.15) is 0 Å². The van der Waals surface area contributed by atoms with E-state index >= 15 is 0 Å². The Bertz CT molecular complexity index is 461. The number of fused-ring (bicyclic) bond motifs is 1. The molecule has 0 amide bonds. The van der Waals surface area contributed by atoms with Crippen molar-refractivity contribution >= 4 is 0 Å². The van der Waals surface area contributed by atoms with Gasteiger partial charge in [0.15, 0.2) is 0 Å². The largest absolute Gasteiger partial charge is 0.376 e. The molecule has 20 heavy (non-hydrogen) atoms. The van der Waals surface area contributed by atoms with Gasteiger partial charge in [0.05, 0.1) is 17.8 Å². The maximum atomic E-state index is 5.93. The van der Waals surface area contributed by atoms with Crippen LogP contribution < -0.4 is 5.32 Å². The number of aromatic nitrogens is 2. The highest BCUT2D eigenvalue weighted by atomic mass is 16.5. The average Bonchev–Trinajstić information content (AvgIpc) is 3.04. The van der Waals surface area contributed by atoms with Crippen molar-refractivity contribution in [3.05, 3.63) is 17.2 Å². The van der Waals surface area contributed by atoms with Crippen LogP contribution in [0.1, 0.15) is 56.9 Å². The van der Waals surface area contributed by atoms with Gasteiger partial charge in [0, 0.05) is 38.2 Å². The molecule has 3 rings (SSSR count). The van der Waals surface area contributed by atoms with Crippen LogP contribution in [0.4, 0.5) is 0 Å². The predicted molar refractivity (Wildman–Crippen MR) is 79.9 cm³/mol. The van der Waals surface area contributed by atoms with Crippen molar-refractivity contribution in [3.63, 3.8) is 0 Å². The van der Waals surface area contributed by atoms with Crippen molar-refractivity contribution in [2.45, 2.75) is 65.1 Å². The molecule has 1 aromatic heterocycles. The predicted octanol–water partition coefficient (Wildman–Crippen LogP) is 2.47. The van der Waals surface area contributed by atoms with Crippen molar-refractivity contribution in [3.8, 4) is 0 Å². The molecule has 3 heterocycles. The van der Waals surface area contributed by atoms with E-state index < -0.39 is 0 Å². The first-order valence-corrected chi connectivity index (χ1v) is 8.08. The minimum Gasteiger partial charge on any atom is -0.376 e. The summed E-state index contributed by atoms with van der Waals surface area (Å²) in [5.74, 6) is 1.90. The third kappa shape index (κ3) is 2.63. The van der Waals surface area contributed by atoms with E-state index in [0.717, 1.165) is 32.5 Å². The molecule has 1 aromatic rings. The van der Waals surface area contributed by atoms with Gasteiger partial charge in [-0.05, 0) is 25.7 Å². The Morgan fingerprint density at radius 2 is 2.25 bits per heavy atom. The van der Waals surface area contributed by atoms with Gasteiger partial charge in [0.2, 0.25) is 0 Å². The molecule has 2 aliphatic rings. The standard InChI is InChI=1S/C16H27N3O/c1-11(2)9-16-18-13-10-17-7-6-14(13)19(16)12(3)15-5-4-8-20-15/h11-12,15,17H,4-10H2,1-3H3. The van der Waals surface area contributed by atoms with Crippen LogP contribution in [-0.4, -0.2) is 28.8 Å². The van der Waals surface area contributed by atoms with E-state index in [1.54, 1.807) is 0 Å². The number of nitrogens with zero attached hydrogens (tertiary/aromatic N) is 2. The lowest BCUT2D eigenvalue weighted by molar-refractivity contribution is 0.0711. The average molecular weight is 277 g/mol. The fourth-order valence-corrected chi connectivity index (χ4v) is 3.53. The number of hydrogen-bond acceptors (Lipinski definition) is 3. The second-order valence-corrected chi connectivity index (χ2v) is 6.61. The van der Waals surface area contributed by atoms with Crippen LogP contribution in [0.3, 0.4) is 0 Å². The molecule has 2 unspecified atom stereocenters. The lowest BCUT2D eigenvalue weighted by atomic mass is 10.1. The first kappa shape index (κ1) is 14.1. The van der Waals surface area contributed by atoms with Crippen molar-refractivity contribution in [2.75, 3.05) is 13.2 Å². The minimum absolute atomic E-state index is 0.370. The monoisotopic (exact) mass is 277 g/mol. The lowest BCUT2D eigenvalue weighted by Crippen LogP contribution is -2.29. The summed E-state index contributed by atoms with van der Waals surface area (Å²) in [6.45, 7) is 9.76. The van der Waals surface area contributed by atoms with Gasteiger partial charge in [-0.1, -0.05) is 13.8 Å². The fraction of sp³-hybridized carbons (Fsp3) is 0.812. The molecule has 4 nitrogen and oxygen atoms in total. The Hall–Kier alpha value is -0.870. The number of hydrogen-bond donors (Lipinski definition) is 1. The van der Waals surface area contributed by atoms with Gasteiger partial charge in [-0.25, -0.2) is 4.98 Å². The number of nitrogens with one attached hydrogen (secondary N) is 1. The minimum atomic E-state index is 0.370. The zero-order valence-corrected chi connectivity index (χ0v) is 13.0. The molecule has 0 spiro atoms. The summed E-state index contributed by atoms with van der Waals surface area (Å²) in [6, 6.07) is 0.417. The molecular formula is C16H27N3O. The van der Waals surface area contributed by atoms with Crippen LogP contribution >= 0.6 is 0 Å². The van der Waals surface area contributed by atoms with E-state index in [9.17, 15) is 0 Å². The molecule has 0 aromatic carbocycles. The Morgan fingerprint density at radius 3 is 2.95 bits per heavy atom. The molecular weight excluding hydrogens is 250 g/mol. The highest BCUT2D eigenvalue weighted by molar-refractivity contribution is 5.22. The Balaban J connectivity index is 1.94. The third-order valence-corrected chi connectivity index (χ3v) is 4.50. The number of imidazole rings is 1. The Labute approximate surface area is 121 Å². The van der Waals surface area contributed by atoms with E-state index in [1.165, 1.54) is 30.1 Å². The SMILES string of the molecule is CC(C)Cc1nc2c(n1C(C)C1CCCO1)CCNC2. The molecule has 4 heteroatoms. The van der Waals surface area contributed by atoms with Crippen LogP contribution in [-0.2, 0) is 24.1 Å². The molecule has 1 N–H and O–H groups in total. The van der Waals surface area contributed by atoms with E-state index in [1.807, 2.05) is 0 Å². The molecule has 2 aliphatic heterocycles. The third-order valence-electron chi connectivity index (χ3n) is 4.50. The van der Waals surface area contributed by atoms with Crippen LogP contribution in [0.2, 0.25) is 0 Å². The smallest absolute Gasteiger partial charge is 0.109 e. The summed E-state index contributed by atoms with van der Waals surface area (Å²) < 4.78 is 8.43. The van der Waals surface area contributed by atoms with Crippen LogP contribution in [0.15, 0.2) is 0 Å². The number of rotatable bonds is 4. The normalized spacial score (nSPS) is 24.1. The second-order valence-electron chi connectivity index (χ2n) is 6.61. The molecule has 1 saturated heterocycles. The zero-order chi connectivity index (χ0) is 14.1. The van der Waals surface area contributed by atoms with Gasteiger partial charge < -0.3 is 14.6 Å². The maximum absolute atomic E-state index is 5.93. The summed E-state index contributed by atoms with van der Waals surface area (Å²) in [5, 5.41) is 3.44. The van der Waals surface area contributed by atoms with E-state index in [-0.39, 0.29) is 0 Å². The van der Waals surface area contributed by atoms with Gasteiger partial charge in [0.1, 0.15) is 5.82 Å². The van der Waals surface area contributed by atoms with Crippen molar-refractivity contribution in [2.24, 2.45) is 5.92 Å². The number of ether oxygens (including phenoxy) is 1. The molecule has 0 bridgehead atoms. The second kappa shape index (κ2) is 5.86. The van der Waals surface area contributed by atoms with Crippen LogP contribution in [0, 0.1) is 5.92 Å².